The Morgan fingerprint density at radius 2 is 0.974 bits per heavy atom. The number of benzene rings is 4. The highest BCUT2D eigenvalue weighted by Gasteiger charge is 2.12. The summed E-state index contributed by atoms with van der Waals surface area (Å²) in [5.74, 6) is 2.10. The molecule has 2 unspecified atom stereocenters. The summed E-state index contributed by atoms with van der Waals surface area (Å²) >= 11 is 0. The Morgan fingerprint density at radius 1 is 0.579 bits per heavy atom. The smallest absolute Gasteiger partial charge is 0.404 e. The first-order chi connectivity index (χ1) is 18.4. The second-order valence-corrected chi connectivity index (χ2v) is 8.60. The van der Waals surface area contributed by atoms with E-state index in [1.165, 1.54) is 7.48 Å². The molecule has 185 valence electrons. The molecule has 0 spiro atoms. The molecule has 6 nitrogen and oxygen atoms in total. The first-order valence-corrected chi connectivity index (χ1v) is 12.1. The Bertz CT molecular complexity index is 1250. The number of phenolic OH excluding ortho intramolecular Hbond substituents is 1. The monoisotopic (exact) mass is 501 g/mol. The van der Waals surface area contributed by atoms with Gasteiger partial charge >= 0.3 is 7.48 Å². The van der Waals surface area contributed by atoms with Crippen molar-refractivity contribution >= 4 is 51.7 Å². The summed E-state index contributed by atoms with van der Waals surface area (Å²) < 4.78 is 16.6. The maximum atomic E-state index is 10.2. The lowest BCUT2D eigenvalue weighted by Gasteiger charge is -2.13. The summed E-state index contributed by atoms with van der Waals surface area (Å²) in [5.41, 5.74) is 3.95. The average Bonchev–Trinajstić information content (AvgIpc) is 2.93. The third-order valence-electron chi connectivity index (χ3n) is 5.40. The molecule has 10 heteroatoms. The van der Waals surface area contributed by atoms with Gasteiger partial charge in [0.25, 0.3) is 0 Å². The number of rotatable bonds is 13. The van der Waals surface area contributed by atoms with Crippen molar-refractivity contribution in [1.82, 2.24) is 0 Å². The Labute approximate surface area is 226 Å². The van der Waals surface area contributed by atoms with Crippen LogP contribution in [0.2, 0.25) is 0 Å². The zero-order valence-corrected chi connectivity index (χ0v) is 20.7. The van der Waals surface area contributed by atoms with Crippen molar-refractivity contribution < 1.29 is 29.4 Å². The van der Waals surface area contributed by atoms with E-state index >= 15 is 0 Å². The summed E-state index contributed by atoms with van der Waals surface area (Å²) in [4.78, 5) is 0. The molecule has 0 fully saturated rings. The summed E-state index contributed by atoms with van der Waals surface area (Å²) in [5, 5.41) is 28.7. The van der Waals surface area contributed by atoms with Gasteiger partial charge in [-0.15, -0.1) is 0 Å². The van der Waals surface area contributed by atoms with Crippen molar-refractivity contribution in [3.8, 4) is 23.0 Å². The maximum Gasteiger partial charge on any atom is 0.404 e. The lowest BCUT2D eigenvalue weighted by molar-refractivity contribution is 0.158. The minimum Gasteiger partial charge on any atom is -0.560 e. The lowest BCUT2D eigenvalue weighted by Crippen LogP contribution is -2.29. The topological polar surface area (TPSA) is 88.4 Å². The third kappa shape index (κ3) is 8.98. The van der Waals surface area contributed by atoms with Gasteiger partial charge in [0.15, 0.2) is 14.6 Å². The van der Waals surface area contributed by atoms with Gasteiger partial charge in [-0.2, -0.15) is 0 Å². The SMILES string of the molecule is [B]C(O)COc1ccc([B]c2ccc(OCC(O)[B]Oc3ccc([B]c4ccc(O)cc4)cc3)cc2)cc1. The molecule has 0 aliphatic heterocycles. The molecule has 4 rings (SSSR count). The standard InChI is InChI=1S/C28H25B4O6/c29-27(34)17-36-24-11-3-20(4-12-24)31-21-5-13-25(14-6-21)37-18-28(35)32-38-26-15-7-22(8-16-26)30-19-1-9-23(33)10-2-19/h1-16,27-28,33-35H,17-18H2. The molecule has 0 saturated carbocycles. The first-order valence-electron chi connectivity index (χ1n) is 12.1. The number of aliphatic hydroxyl groups is 2. The molecule has 0 amide bonds. The van der Waals surface area contributed by atoms with E-state index in [0.29, 0.717) is 17.2 Å². The maximum absolute atomic E-state index is 10.2. The molecular formula is C28H25B4O6. The normalized spacial score (nSPS) is 12.2. The molecule has 3 N–H and O–H groups in total. The predicted molar refractivity (Wildman–Crippen MR) is 153 cm³/mol. The number of hydrogen-bond acceptors (Lipinski definition) is 6. The number of aliphatic hydroxyl groups excluding tert-OH is 2. The highest BCUT2D eigenvalue weighted by atomic mass is 16.5. The Morgan fingerprint density at radius 3 is 1.42 bits per heavy atom. The van der Waals surface area contributed by atoms with E-state index in [4.69, 9.17) is 27.1 Å². The van der Waals surface area contributed by atoms with Gasteiger partial charge in [-0.05, 0) is 48.5 Å². The Kier molecular flexibility index (Phi) is 9.84. The van der Waals surface area contributed by atoms with Crippen LogP contribution < -0.4 is 36.0 Å². The zero-order chi connectivity index (χ0) is 26.7. The third-order valence-corrected chi connectivity index (χ3v) is 5.40. The highest BCUT2D eigenvalue weighted by Crippen LogP contribution is 2.11. The molecule has 4 aromatic carbocycles. The van der Waals surface area contributed by atoms with Crippen LogP contribution >= 0.6 is 0 Å². The van der Waals surface area contributed by atoms with Crippen LogP contribution in [-0.4, -0.2) is 70.4 Å². The van der Waals surface area contributed by atoms with E-state index in [9.17, 15) is 10.2 Å². The molecule has 0 saturated heterocycles. The summed E-state index contributed by atoms with van der Waals surface area (Å²) in [7, 11) is 10.6. The van der Waals surface area contributed by atoms with Crippen molar-refractivity contribution in [2.45, 2.75) is 12.0 Å². The molecule has 0 aromatic heterocycles. The second-order valence-electron chi connectivity index (χ2n) is 8.60. The van der Waals surface area contributed by atoms with Crippen LogP contribution in [-0.2, 0) is 0 Å². The molecule has 0 bridgehead atoms. The molecule has 0 aliphatic rings. The lowest BCUT2D eigenvalue weighted by atomic mass is 9.64. The van der Waals surface area contributed by atoms with Gasteiger partial charge in [0.2, 0.25) is 0 Å². The molecule has 38 heavy (non-hydrogen) atoms. The van der Waals surface area contributed by atoms with Gasteiger partial charge in [-0.1, -0.05) is 70.4 Å². The van der Waals surface area contributed by atoms with E-state index in [2.05, 4.69) is 0 Å². The van der Waals surface area contributed by atoms with Crippen LogP contribution in [0.4, 0.5) is 0 Å². The van der Waals surface area contributed by atoms with Gasteiger partial charge < -0.3 is 29.4 Å². The van der Waals surface area contributed by atoms with Crippen LogP contribution in [0.3, 0.4) is 0 Å². The minimum atomic E-state index is -1.01. The minimum absolute atomic E-state index is 0.0398. The van der Waals surface area contributed by atoms with Crippen molar-refractivity contribution in [1.29, 1.82) is 0 Å². The van der Waals surface area contributed by atoms with Gasteiger partial charge in [-0.3, -0.25) is 0 Å². The fourth-order valence-electron chi connectivity index (χ4n) is 3.48. The molecule has 0 heterocycles. The van der Waals surface area contributed by atoms with E-state index in [1.54, 1.807) is 12.1 Å². The van der Waals surface area contributed by atoms with Crippen molar-refractivity contribution in [2.75, 3.05) is 13.2 Å². The van der Waals surface area contributed by atoms with Crippen LogP contribution in [0.1, 0.15) is 0 Å². The molecular weight excluding hydrogens is 476 g/mol. The molecule has 0 aliphatic carbocycles. The first kappa shape index (κ1) is 27.3. The number of ether oxygens (including phenoxy) is 2. The number of hydrogen-bond donors (Lipinski definition) is 3. The van der Waals surface area contributed by atoms with Crippen molar-refractivity contribution in [2.24, 2.45) is 0 Å². The fourth-order valence-corrected chi connectivity index (χ4v) is 3.48. The quantitative estimate of drug-likeness (QED) is 0.223. The zero-order valence-electron chi connectivity index (χ0n) is 20.7. The van der Waals surface area contributed by atoms with Crippen LogP contribution in [0, 0.1) is 0 Å². The molecule has 2 atom stereocenters. The van der Waals surface area contributed by atoms with Crippen LogP contribution in [0.5, 0.6) is 23.0 Å². The predicted octanol–water partition coefficient (Wildman–Crippen LogP) is -0.0367. The molecule has 4 aromatic rings. The van der Waals surface area contributed by atoms with E-state index in [-0.39, 0.29) is 19.0 Å². The van der Waals surface area contributed by atoms with Crippen LogP contribution in [0.15, 0.2) is 97.1 Å². The van der Waals surface area contributed by atoms with E-state index < -0.39 is 12.0 Å². The van der Waals surface area contributed by atoms with Crippen LogP contribution in [0.25, 0.3) is 0 Å². The van der Waals surface area contributed by atoms with Crippen molar-refractivity contribution in [3.63, 3.8) is 0 Å². The Hall–Kier alpha value is -3.74. The number of aromatic hydroxyl groups is 1. The van der Waals surface area contributed by atoms with Gasteiger partial charge in [-0.25, -0.2) is 0 Å². The summed E-state index contributed by atoms with van der Waals surface area (Å²) in [6.07, 6.45) is 0. The average molecular weight is 501 g/mol. The van der Waals surface area contributed by atoms with E-state index in [0.717, 1.165) is 21.9 Å². The summed E-state index contributed by atoms with van der Waals surface area (Å²) in [6.45, 7) is 0.0901. The van der Waals surface area contributed by atoms with Crippen molar-refractivity contribution in [3.05, 3.63) is 97.1 Å². The summed E-state index contributed by atoms with van der Waals surface area (Å²) in [6, 6.07) is 27.5. The fraction of sp³-hybridized carbons (Fsp3) is 0.143. The largest absolute Gasteiger partial charge is 0.560 e. The number of phenols is 1. The van der Waals surface area contributed by atoms with Gasteiger partial charge in [0.1, 0.15) is 44.3 Å². The van der Waals surface area contributed by atoms with Gasteiger partial charge in [0, 0.05) is 6.00 Å². The second kappa shape index (κ2) is 13.7. The van der Waals surface area contributed by atoms with Gasteiger partial charge in [0.05, 0.1) is 5.75 Å². The highest BCUT2D eigenvalue weighted by molar-refractivity contribution is 6.67. The van der Waals surface area contributed by atoms with E-state index in [1.807, 2.05) is 99.5 Å². The Balaban J connectivity index is 1.17. The molecule has 5 radical (unpaired) electrons.